The Bertz CT molecular complexity index is 1100. The van der Waals surface area contributed by atoms with Gasteiger partial charge in [-0.2, -0.15) is 5.10 Å². The van der Waals surface area contributed by atoms with Gasteiger partial charge in [0.25, 0.3) is 0 Å². The van der Waals surface area contributed by atoms with Crippen molar-refractivity contribution in [3.8, 4) is 5.69 Å². The summed E-state index contributed by atoms with van der Waals surface area (Å²) in [6, 6.07) is 12.1. The number of anilines is 2. The van der Waals surface area contributed by atoms with Crippen molar-refractivity contribution in [1.29, 1.82) is 0 Å². The van der Waals surface area contributed by atoms with E-state index in [1.165, 1.54) is 0 Å². The molecule has 3 aromatic heterocycles. The van der Waals surface area contributed by atoms with E-state index in [9.17, 15) is 0 Å². The molecule has 0 N–H and O–H groups in total. The standard InChI is InChI=1S/C20H20N8/c1-15-11-18(22-13-21-15)26-7-9-27(10-8-26)19-17-12-25-28(20(17)24-14-23-19)16-5-3-2-4-6-16/h2-6,11-14H,7-10H2,1H3. The third-order valence-corrected chi connectivity index (χ3v) is 5.04. The van der Waals surface area contributed by atoms with Crippen molar-refractivity contribution in [2.45, 2.75) is 6.92 Å². The summed E-state index contributed by atoms with van der Waals surface area (Å²) in [6.07, 6.45) is 5.11. The third kappa shape index (κ3) is 2.92. The first kappa shape index (κ1) is 16.6. The second kappa shape index (κ2) is 6.88. The molecule has 1 aliphatic heterocycles. The largest absolute Gasteiger partial charge is 0.353 e. The van der Waals surface area contributed by atoms with Crippen LogP contribution in [0.5, 0.6) is 0 Å². The highest BCUT2D eigenvalue weighted by molar-refractivity contribution is 5.87. The van der Waals surface area contributed by atoms with E-state index in [4.69, 9.17) is 0 Å². The highest BCUT2D eigenvalue weighted by Gasteiger charge is 2.22. The summed E-state index contributed by atoms with van der Waals surface area (Å²) in [5, 5.41) is 5.52. The van der Waals surface area contributed by atoms with Crippen LogP contribution in [0.15, 0.2) is 55.2 Å². The lowest BCUT2D eigenvalue weighted by Gasteiger charge is -2.36. The SMILES string of the molecule is Cc1cc(N2CCN(c3ncnc4c3cnn4-c3ccccc3)CC2)ncn1. The minimum atomic E-state index is 0.824. The van der Waals surface area contributed by atoms with E-state index in [1.54, 1.807) is 12.7 Å². The average Bonchev–Trinajstić information content (AvgIpc) is 3.19. The van der Waals surface area contributed by atoms with E-state index in [-0.39, 0.29) is 0 Å². The van der Waals surface area contributed by atoms with Crippen molar-refractivity contribution in [1.82, 2.24) is 29.7 Å². The van der Waals surface area contributed by atoms with Gasteiger partial charge in [-0.3, -0.25) is 0 Å². The highest BCUT2D eigenvalue weighted by atomic mass is 15.3. The zero-order chi connectivity index (χ0) is 18.9. The second-order valence-electron chi connectivity index (χ2n) is 6.82. The lowest BCUT2D eigenvalue weighted by Crippen LogP contribution is -2.47. The van der Waals surface area contributed by atoms with Gasteiger partial charge in [-0.15, -0.1) is 0 Å². The fourth-order valence-electron chi connectivity index (χ4n) is 3.60. The van der Waals surface area contributed by atoms with Crippen molar-refractivity contribution >= 4 is 22.7 Å². The predicted octanol–water partition coefficient (Wildman–Crippen LogP) is 2.24. The molecule has 28 heavy (non-hydrogen) atoms. The van der Waals surface area contributed by atoms with Crippen molar-refractivity contribution in [2.24, 2.45) is 0 Å². The molecule has 4 aromatic rings. The summed E-state index contributed by atoms with van der Waals surface area (Å²) < 4.78 is 1.86. The smallest absolute Gasteiger partial charge is 0.168 e. The van der Waals surface area contributed by atoms with Crippen LogP contribution >= 0.6 is 0 Å². The van der Waals surface area contributed by atoms with Crippen LogP contribution in [0.1, 0.15) is 5.69 Å². The maximum absolute atomic E-state index is 4.57. The first-order valence-electron chi connectivity index (χ1n) is 9.32. The molecule has 1 aromatic carbocycles. The molecule has 140 valence electrons. The maximum Gasteiger partial charge on any atom is 0.168 e. The number of benzene rings is 1. The van der Waals surface area contributed by atoms with E-state index in [0.717, 1.165) is 60.2 Å². The first-order chi connectivity index (χ1) is 13.8. The molecule has 5 rings (SSSR count). The summed E-state index contributed by atoms with van der Waals surface area (Å²) in [4.78, 5) is 22.2. The Kier molecular flexibility index (Phi) is 4.08. The van der Waals surface area contributed by atoms with Crippen LogP contribution in [-0.4, -0.2) is 55.9 Å². The average molecular weight is 372 g/mol. The normalized spacial score (nSPS) is 14.6. The zero-order valence-corrected chi connectivity index (χ0v) is 15.6. The summed E-state index contributed by atoms with van der Waals surface area (Å²) in [5.74, 6) is 1.92. The number of hydrogen-bond donors (Lipinski definition) is 0. The molecule has 0 spiro atoms. The predicted molar refractivity (Wildman–Crippen MR) is 108 cm³/mol. The minimum Gasteiger partial charge on any atom is -0.353 e. The van der Waals surface area contributed by atoms with Gasteiger partial charge >= 0.3 is 0 Å². The number of piperazine rings is 1. The molecular weight excluding hydrogens is 352 g/mol. The number of nitrogens with zero attached hydrogens (tertiary/aromatic N) is 8. The molecule has 0 radical (unpaired) electrons. The number of fused-ring (bicyclic) bond motifs is 1. The van der Waals surface area contributed by atoms with Gasteiger partial charge in [-0.25, -0.2) is 24.6 Å². The molecule has 0 unspecified atom stereocenters. The Labute approximate surface area is 162 Å². The van der Waals surface area contributed by atoms with Crippen LogP contribution in [0, 0.1) is 6.92 Å². The Hall–Kier alpha value is -3.55. The van der Waals surface area contributed by atoms with Gasteiger partial charge in [0.1, 0.15) is 24.3 Å². The zero-order valence-electron chi connectivity index (χ0n) is 15.6. The molecule has 1 aliphatic rings. The summed E-state index contributed by atoms with van der Waals surface area (Å²) >= 11 is 0. The number of aryl methyl sites for hydroxylation is 1. The number of rotatable bonds is 3. The van der Waals surface area contributed by atoms with Crippen LogP contribution in [0.4, 0.5) is 11.6 Å². The van der Waals surface area contributed by atoms with Crippen molar-refractivity contribution in [3.63, 3.8) is 0 Å². The quantitative estimate of drug-likeness (QED) is 0.546. The second-order valence-corrected chi connectivity index (χ2v) is 6.82. The molecule has 1 fully saturated rings. The number of aromatic nitrogens is 6. The van der Waals surface area contributed by atoms with E-state index in [2.05, 4.69) is 34.8 Å². The molecular formula is C20H20N8. The fourth-order valence-corrected chi connectivity index (χ4v) is 3.60. The van der Waals surface area contributed by atoms with Gasteiger partial charge in [-0.1, -0.05) is 18.2 Å². The Morgan fingerprint density at radius 1 is 0.821 bits per heavy atom. The summed E-state index contributed by atoms with van der Waals surface area (Å²) in [7, 11) is 0. The third-order valence-electron chi connectivity index (χ3n) is 5.04. The first-order valence-corrected chi connectivity index (χ1v) is 9.32. The highest BCUT2D eigenvalue weighted by Crippen LogP contribution is 2.26. The van der Waals surface area contributed by atoms with Crippen LogP contribution < -0.4 is 9.80 Å². The van der Waals surface area contributed by atoms with Crippen molar-refractivity contribution < 1.29 is 0 Å². The van der Waals surface area contributed by atoms with Crippen LogP contribution in [0.2, 0.25) is 0 Å². The molecule has 0 saturated carbocycles. The molecule has 0 aliphatic carbocycles. The van der Waals surface area contributed by atoms with E-state index in [1.807, 2.05) is 54.2 Å². The topological polar surface area (TPSA) is 75.9 Å². The van der Waals surface area contributed by atoms with Gasteiger partial charge in [0.15, 0.2) is 5.65 Å². The van der Waals surface area contributed by atoms with Gasteiger partial charge < -0.3 is 9.80 Å². The van der Waals surface area contributed by atoms with Crippen molar-refractivity contribution in [2.75, 3.05) is 36.0 Å². The molecule has 0 atom stereocenters. The van der Waals surface area contributed by atoms with E-state index in [0.29, 0.717) is 0 Å². The van der Waals surface area contributed by atoms with Crippen molar-refractivity contribution in [3.05, 3.63) is 60.9 Å². The van der Waals surface area contributed by atoms with Crippen LogP contribution in [0.25, 0.3) is 16.7 Å². The Morgan fingerprint density at radius 3 is 2.36 bits per heavy atom. The van der Waals surface area contributed by atoms with E-state index >= 15 is 0 Å². The van der Waals surface area contributed by atoms with E-state index < -0.39 is 0 Å². The monoisotopic (exact) mass is 372 g/mol. The number of hydrogen-bond acceptors (Lipinski definition) is 7. The van der Waals surface area contributed by atoms with Gasteiger partial charge in [0.2, 0.25) is 0 Å². The molecule has 0 amide bonds. The molecule has 8 heteroatoms. The van der Waals surface area contributed by atoms with Gasteiger partial charge in [0.05, 0.1) is 17.3 Å². The van der Waals surface area contributed by atoms with Gasteiger partial charge in [-0.05, 0) is 19.1 Å². The van der Waals surface area contributed by atoms with Crippen LogP contribution in [-0.2, 0) is 0 Å². The van der Waals surface area contributed by atoms with Gasteiger partial charge in [0, 0.05) is 37.9 Å². The Balaban J connectivity index is 1.41. The number of para-hydroxylation sites is 1. The Morgan fingerprint density at radius 2 is 1.57 bits per heavy atom. The summed E-state index contributed by atoms with van der Waals surface area (Å²) in [5.41, 5.74) is 2.80. The fraction of sp³-hybridized carbons (Fsp3) is 0.250. The lowest BCUT2D eigenvalue weighted by molar-refractivity contribution is 0.642. The molecule has 0 bridgehead atoms. The lowest BCUT2D eigenvalue weighted by atomic mass is 10.2. The minimum absolute atomic E-state index is 0.824. The van der Waals surface area contributed by atoms with Crippen LogP contribution in [0.3, 0.4) is 0 Å². The molecule has 8 nitrogen and oxygen atoms in total. The summed E-state index contributed by atoms with van der Waals surface area (Å²) in [6.45, 7) is 5.49. The maximum atomic E-state index is 4.57. The molecule has 4 heterocycles. The molecule has 1 saturated heterocycles.